The van der Waals surface area contributed by atoms with Gasteiger partial charge >= 0.3 is 0 Å². The number of nitro groups is 1. The van der Waals surface area contributed by atoms with Crippen LogP contribution in [0, 0.1) is 16.0 Å². The van der Waals surface area contributed by atoms with Crippen LogP contribution in [0.5, 0.6) is 0 Å². The maximum atomic E-state index is 12.5. The molecule has 0 saturated carbocycles. The average molecular weight is 415 g/mol. The second-order valence-electron chi connectivity index (χ2n) is 5.07. The highest BCUT2D eigenvalue weighted by atomic mass is 79.9. The Balaban J connectivity index is 0.00000242. The van der Waals surface area contributed by atoms with Gasteiger partial charge in [0.2, 0.25) is 10.0 Å². The number of piperidine rings is 1. The van der Waals surface area contributed by atoms with Gasteiger partial charge in [-0.25, -0.2) is 13.1 Å². The van der Waals surface area contributed by atoms with Gasteiger partial charge in [-0.1, -0.05) is 22.9 Å². The molecule has 22 heavy (non-hydrogen) atoms. The average Bonchev–Trinajstić information content (AvgIpc) is 2.41. The lowest BCUT2D eigenvalue weighted by Gasteiger charge is -2.29. The van der Waals surface area contributed by atoms with E-state index in [4.69, 9.17) is 0 Å². The summed E-state index contributed by atoms with van der Waals surface area (Å²) >= 11 is 3.15. The van der Waals surface area contributed by atoms with Crippen LogP contribution in [0.2, 0.25) is 0 Å². The number of hydrogen-bond donors (Lipinski definition) is 2. The van der Waals surface area contributed by atoms with Crippen LogP contribution >= 0.6 is 28.3 Å². The summed E-state index contributed by atoms with van der Waals surface area (Å²) in [5.74, 6) is 0.125. The Morgan fingerprint density at radius 1 is 1.45 bits per heavy atom. The van der Waals surface area contributed by atoms with E-state index in [1.54, 1.807) is 0 Å². The van der Waals surface area contributed by atoms with E-state index >= 15 is 0 Å². The summed E-state index contributed by atoms with van der Waals surface area (Å²) in [6.07, 6.45) is 0.655. The van der Waals surface area contributed by atoms with Crippen LogP contribution in [-0.2, 0) is 10.0 Å². The topological polar surface area (TPSA) is 101 Å². The molecule has 0 bridgehead atoms. The van der Waals surface area contributed by atoms with Gasteiger partial charge in [-0.05, 0) is 37.6 Å². The van der Waals surface area contributed by atoms with Crippen molar-refractivity contribution in [1.82, 2.24) is 10.0 Å². The summed E-state index contributed by atoms with van der Waals surface area (Å²) in [6.45, 7) is 3.38. The number of hydrogen-bond acceptors (Lipinski definition) is 5. The molecule has 2 N–H and O–H groups in total. The van der Waals surface area contributed by atoms with Crippen LogP contribution in [0.1, 0.15) is 13.3 Å². The maximum Gasteiger partial charge on any atom is 0.289 e. The van der Waals surface area contributed by atoms with Gasteiger partial charge in [0.1, 0.15) is 0 Å². The fourth-order valence-corrected chi connectivity index (χ4v) is 4.39. The Labute approximate surface area is 143 Å². The first kappa shape index (κ1) is 19.3. The van der Waals surface area contributed by atoms with Gasteiger partial charge in [0.05, 0.1) is 4.92 Å². The molecule has 1 aromatic carbocycles. The number of rotatable bonds is 4. The predicted molar refractivity (Wildman–Crippen MR) is 88.8 cm³/mol. The highest BCUT2D eigenvalue weighted by Gasteiger charge is 2.31. The van der Waals surface area contributed by atoms with Crippen LogP contribution in [0.3, 0.4) is 0 Å². The third kappa shape index (κ3) is 4.39. The lowest BCUT2D eigenvalue weighted by Crippen LogP contribution is -2.48. The molecule has 10 heteroatoms. The van der Waals surface area contributed by atoms with E-state index in [1.165, 1.54) is 18.2 Å². The molecule has 0 radical (unpaired) electrons. The molecule has 124 valence electrons. The van der Waals surface area contributed by atoms with Crippen LogP contribution in [0.4, 0.5) is 5.69 Å². The van der Waals surface area contributed by atoms with E-state index in [2.05, 4.69) is 26.0 Å². The van der Waals surface area contributed by atoms with Crippen molar-refractivity contribution < 1.29 is 13.3 Å². The fourth-order valence-electron chi connectivity index (χ4n) is 2.31. The van der Waals surface area contributed by atoms with Crippen LogP contribution < -0.4 is 10.0 Å². The molecular weight excluding hydrogens is 398 g/mol. The van der Waals surface area contributed by atoms with Crippen molar-refractivity contribution in [2.24, 2.45) is 5.92 Å². The van der Waals surface area contributed by atoms with Gasteiger partial charge in [-0.15, -0.1) is 12.4 Å². The van der Waals surface area contributed by atoms with Gasteiger partial charge in [-0.2, -0.15) is 0 Å². The third-order valence-corrected chi connectivity index (χ3v) is 5.51. The summed E-state index contributed by atoms with van der Waals surface area (Å²) in [5.41, 5.74) is -0.424. The number of nitro benzene ring substituents is 1. The summed E-state index contributed by atoms with van der Waals surface area (Å²) in [7, 11) is -3.94. The zero-order valence-corrected chi connectivity index (χ0v) is 15.0. The Morgan fingerprint density at radius 2 is 2.14 bits per heavy atom. The van der Waals surface area contributed by atoms with Gasteiger partial charge < -0.3 is 5.32 Å². The van der Waals surface area contributed by atoms with Crippen LogP contribution in [-0.4, -0.2) is 32.5 Å². The van der Waals surface area contributed by atoms with E-state index in [9.17, 15) is 18.5 Å². The molecule has 0 spiro atoms. The summed E-state index contributed by atoms with van der Waals surface area (Å²) in [4.78, 5) is 10.0. The van der Waals surface area contributed by atoms with Crippen molar-refractivity contribution in [3.8, 4) is 0 Å². The lowest BCUT2D eigenvalue weighted by atomic mass is 9.97. The van der Waals surface area contributed by atoms with Gasteiger partial charge in [-0.3, -0.25) is 10.1 Å². The number of benzene rings is 1. The van der Waals surface area contributed by atoms with Gasteiger partial charge in [0, 0.05) is 16.6 Å². The fraction of sp³-hybridized carbons (Fsp3) is 0.500. The first-order valence-corrected chi connectivity index (χ1v) is 8.76. The van der Waals surface area contributed by atoms with E-state index < -0.39 is 20.6 Å². The van der Waals surface area contributed by atoms with Crippen molar-refractivity contribution in [1.29, 1.82) is 0 Å². The second-order valence-corrected chi connectivity index (χ2v) is 7.67. The quantitative estimate of drug-likeness (QED) is 0.580. The van der Waals surface area contributed by atoms with E-state index in [1.807, 2.05) is 6.92 Å². The summed E-state index contributed by atoms with van der Waals surface area (Å²) < 4.78 is 28.0. The molecule has 1 aromatic rings. The Morgan fingerprint density at radius 3 is 2.73 bits per heavy atom. The minimum absolute atomic E-state index is 0. The normalized spacial score (nSPS) is 21.9. The zero-order valence-electron chi connectivity index (χ0n) is 11.8. The molecule has 1 aliphatic heterocycles. The molecule has 7 nitrogen and oxygen atoms in total. The smallest absolute Gasteiger partial charge is 0.289 e. The minimum atomic E-state index is -3.94. The van der Waals surface area contributed by atoms with E-state index in [0.717, 1.165) is 6.54 Å². The van der Waals surface area contributed by atoms with Crippen LogP contribution in [0.25, 0.3) is 0 Å². The number of halogens is 2. The molecule has 2 unspecified atom stereocenters. The monoisotopic (exact) mass is 413 g/mol. The van der Waals surface area contributed by atoms with E-state index in [0.29, 0.717) is 17.4 Å². The maximum absolute atomic E-state index is 12.5. The van der Waals surface area contributed by atoms with Gasteiger partial charge in [0.25, 0.3) is 5.69 Å². The third-order valence-electron chi connectivity index (χ3n) is 3.50. The van der Waals surface area contributed by atoms with E-state index in [-0.39, 0.29) is 29.3 Å². The molecule has 2 atom stereocenters. The lowest BCUT2D eigenvalue weighted by molar-refractivity contribution is -0.387. The van der Waals surface area contributed by atoms with Gasteiger partial charge in [0.15, 0.2) is 4.90 Å². The summed E-state index contributed by atoms with van der Waals surface area (Å²) in [5, 5.41) is 14.2. The number of sulfonamides is 1. The molecule has 2 rings (SSSR count). The highest BCUT2D eigenvalue weighted by Crippen LogP contribution is 2.28. The predicted octanol–water partition coefficient (Wildman–Crippen LogP) is 2.06. The van der Waals surface area contributed by atoms with Crippen molar-refractivity contribution in [3.63, 3.8) is 0 Å². The first-order chi connectivity index (χ1) is 9.81. The molecule has 0 aliphatic carbocycles. The molecule has 1 aliphatic rings. The minimum Gasteiger partial charge on any atom is -0.316 e. The molecule has 0 amide bonds. The highest BCUT2D eigenvalue weighted by molar-refractivity contribution is 9.10. The van der Waals surface area contributed by atoms with Crippen molar-refractivity contribution in [3.05, 3.63) is 32.8 Å². The number of nitrogens with one attached hydrogen (secondary N) is 2. The molecular formula is C12H17BrClN3O4S. The van der Waals surface area contributed by atoms with Crippen LogP contribution in [0.15, 0.2) is 27.6 Å². The summed E-state index contributed by atoms with van der Waals surface area (Å²) in [6, 6.07) is 3.66. The Kier molecular flexibility index (Phi) is 6.75. The van der Waals surface area contributed by atoms with Crippen molar-refractivity contribution in [2.45, 2.75) is 24.3 Å². The standard InChI is InChI=1S/C12H16BrN3O4S.ClH/c1-8-7-14-5-4-10(8)15-21(19,20)12-6-9(13)2-3-11(12)16(17)18;/h2-3,6,8,10,14-15H,4-5,7H2,1H3;1H. The molecule has 1 saturated heterocycles. The van der Waals surface area contributed by atoms with Crippen molar-refractivity contribution >= 4 is 44.0 Å². The number of nitrogens with zero attached hydrogens (tertiary/aromatic N) is 1. The molecule has 0 aromatic heterocycles. The Hall–Kier alpha value is -0.740. The molecule has 1 fully saturated rings. The SMILES string of the molecule is CC1CNCCC1NS(=O)(=O)c1cc(Br)ccc1[N+](=O)[O-].Cl. The Bertz CT molecular complexity index is 656. The zero-order chi connectivity index (χ0) is 15.6. The molecule has 1 heterocycles. The second kappa shape index (κ2) is 7.69. The first-order valence-electron chi connectivity index (χ1n) is 6.48. The largest absolute Gasteiger partial charge is 0.316 e. The van der Waals surface area contributed by atoms with Crippen molar-refractivity contribution in [2.75, 3.05) is 13.1 Å².